The Balaban J connectivity index is 0. The van der Waals surface area contributed by atoms with Crippen LogP contribution in [0.4, 0.5) is 0 Å². The van der Waals surface area contributed by atoms with Crippen LogP contribution >= 0.6 is 11.8 Å². The predicted molar refractivity (Wildman–Crippen MR) is 46.5 cm³/mol. The number of nitrogens with zero attached hydrogens (tertiary/aromatic N) is 1. The van der Waals surface area contributed by atoms with E-state index in [0.717, 1.165) is 0 Å². The molecule has 0 atom stereocenters. The molecule has 68 valence electrons. The van der Waals surface area contributed by atoms with Gasteiger partial charge in [-0.15, -0.1) is 0 Å². The summed E-state index contributed by atoms with van der Waals surface area (Å²) in [4.78, 5) is 0.106. The maximum absolute atomic E-state index is 10.9. The van der Waals surface area contributed by atoms with E-state index in [1.54, 1.807) is 18.2 Å². The van der Waals surface area contributed by atoms with Crippen LogP contribution in [-0.2, 0) is 10.0 Å². The molecule has 0 saturated carbocycles. The number of hydrogen-bond acceptors (Lipinski definition) is 2. The third-order valence-corrected chi connectivity index (χ3v) is 2.73. The molecule has 4 nitrogen and oxygen atoms in total. The molecule has 0 aromatic heterocycles. The fourth-order valence-electron chi connectivity index (χ4n) is 0.632. The largest absolute Gasteiger partial charge is 1.00 e. The van der Waals surface area contributed by atoms with Crippen molar-refractivity contribution in [1.82, 2.24) is 0 Å². The van der Waals surface area contributed by atoms with Gasteiger partial charge in [-0.3, -0.25) is 11.8 Å². The monoisotopic (exact) mass is 231 g/mol. The van der Waals surface area contributed by atoms with E-state index in [1.807, 2.05) is 0 Å². The standard InChI is InChI=1S/C6H5ClNO2S.Na.H2O/c7-8-11(9,10)6-4-2-1-3-5-6;;/h1-5H;;1H2/q-1;+1;. The van der Waals surface area contributed by atoms with Crippen molar-refractivity contribution in [2.24, 2.45) is 0 Å². The zero-order valence-corrected chi connectivity index (χ0v) is 10.5. The average molecular weight is 232 g/mol. The van der Waals surface area contributed by atoms with Crippen LogP contribution in [0, 0.1) is 0 Å². The molecule has 0 aliphatic heterocycles. The van der Waals surface area contributed by atoms with Crippen LogP contribution < -0.4 is 29.6 Å². The first-order valence-corrected chi connectivity index (χ1v) is 4.58. The number of rotatable bonds is 2. The summed E-state index contributed by atoms with van der Waals surface area (Å²) in [5.74, 6) is 0. The van der Waals surface area contributed by atoms with Crippen molar-refractivity contribution < 1.29 is 43.5 Å². The molecule has 0 aliphatic carbocycles. The Bertz CT molecular complexity index is 329. The molecule has 0 heterocycles. The third-order valence-electron chi connectivity index (χ3n) is 1.13. The molecule has 13 heavy (non-hydrogen) atoms. The molecule has 7 heteroatoms. The summed E-state index contributed by atoms with van der Waals surface area (Å²) in [7, 11) is -3.61. The van der Waals surface area contributed by atoms with Gasteiger partial charge in [0.15, 0.2) is 0 Å². The van der Waals surface area contributed by atoms with Gasteiger partial charge < -0.3 is 9.72 Å². The molecule has 1 aromatic carbocycles. The van der Waals surface area contributed by atoms with Crippen molar-refractivity contribution in [3.8, 4) is 0 Å². The van der Waals surface area contributed by atoms with Gasteiger partial charge in [0.1, 0.15) is 10.0 Å². The number of sulfonamides is 1. The van der Waals surface area contributed by atoms with Gasteiger partial charge in [0.25, 0.3) is 0 Å². The van der Waals surface area contributed by atoms with Crippen molar-refractivity contribution >= 4 is 21.8 Å². The van der Waals surface area contributed by atoms with Crippen molar-refractivity contribution in [2.45, 2.75) is 4.90 Å². The van der Waals surface area contributed by atoms with E-state index in [2.05, 4.69) is 4.24 Å². The second-order valence-corrected chi connectivity index (χ2v) is 3.83. The first kappa shape index (κ1) is 15.8. The maximum atomic E-state index is 10.9. The predicted octanol–water partition coefficient (Wildman–Crippen LogP) is -1.92. The summed E-state index contributed by atoms with van der Waals surface area (Å²) in [6.45, 7) is 0. The van der Waals surface area contributed by atoms with E-state index in [0.29, 0.717) is 0 Å². The van der Waals surface area contributed by atoms with Crippen molar-refractivity contribution in [3.05, 3.63) is 34.6 Å². The van der Waals surface area contributed by atoms with Crippen molar-refractivity contribution in [1.29, 1.82) is 0 Å². The number of hydrogen-bond donors (Lipinski definition) is 0. The molecule has 0 unspecified atom stereocenters. The van der Waals surface area contributed by atoms with E-state index < -0.39 is 10.0 Å². The third kappa shape index (κ3) is 4.42. The van der Waals surface area contributed by atoms with E-state index >= 15 is 0 Å². The summed E-state index contributed by atoms with van der Waals surface area (Å²) < 4.78 is 24.5. The van der Waals surface area contributed by atoms with Gasteiger partial charge in [-0.25, -0.2) is 8.42 Å². The van der Waals surface area contributed by atoms with E-state index in [1.165, 1.54) is 12.1 Å². The molecule has 0 aliphatic rings. The Kier molecular flexibility index (Phi) is 8.26. The van der Waals surface area contributed by atoms with Gasteiger partial charge in [0.05, 0.1) is 0 Å². The fraction of sp³-hybridized carbons (Fsp3) is 0. The van der Waals surface area contributed by atoms with Crippen LogP contribution in [0.3, 0.4) is 0 Å². The van der Waals surface area contributed by atoms with Gasteiger partial charge in [-0.05, 0) is 12.1 Å². The molecule has 0 radical (unpaired) electrons. The molecule has 0 amide bonds. The Morgan fingerprint density at radius 3 is 2.00 bits per heavy atom. The van der Waals surface area contributed by atoms with E-state index in [9.17, 15) is 8.42 Å². The van der Waals surface area contributed by atoms with Gasteiger partial charge >= 0.3 is 29.6 Å². The molecular weight excluding hydrogens is 225 g/mol. The summed E-state index contributed by atoms with van der Waals surface area (Å²) in [5.41, 5.74) is 0. The van der Waals surface area contributed by atoms with Crippen LogP contribution in [0.25, 0.3) is 4.24 Å². The van der Waals surface area contributed by atoms with Crippen LogP contribution in [0.2, 0.25) is 0 Å². The minimum absolute atomic E-state index is 0. The van der Waals surface area contributed by atoms with Gasteiger partial charge in [0, 0.05) is 4.90 Å². The minimum Gasteiger partial charge on any atom is -0.458 e. The Labute approximate surface area is 104 Å². The van der Waals surface area contributed by atoms with Gasteiger partial charge in [-0.1, -0.05) is 18.2 Å². The molecule has 0 spiro atoms. The van der Waals surface area contributed by atoms with Crippen LogP contribution in [0.1, 0.15) is 0 Å². The zero-order valence-electron chi connectivity index (χ0n) is 6.94. The molecule has 1 rings (SSSR count). The van der Waals surface area contributed by atoms with Gasteiger partial charge in [-0.2, -0.15) is 0 Å². The quantitative estimate of drug-likeness (QED) is 0.557. The topological polar surface area (TPSA) is 79.7 Å². The summed E-state index contributed by atoms with van der Waals surface area (Å²) in [6.07, 6.45) is 0. The van der Waals surface area contributed by atoms with Crippen LogP contribution in [-0.4, -0.2) is 13.9 Å². The molecule has 1 aromatic rings. The zero-order chi connectivity index (χ0) is 8.32. The Morgan fingerprint density at radius 1 is 1.15 bits per heavy atom. The molecule has 2 N–H and O–H groups in total. The summed E-state index contributed by atoms with van der Waals surface area (Å²) in [5, 5.41) is 0. The first-order valence-electron chi connectivity index (χ1n) is 2.80. The average Bonchev–Trinajstić information content (AvgIpc) is 2.06. The van der Waals surface area contributed by atoms with Crippen molar-refractivity contribution in [2.75, 3.05) is 0 Å². The molecule has 0 saturated heterocycles. The van der Waals surface area contributed by atoms with E-state index in [-0.39, 0.29) is 39.9 Å². The second-order valence-electron chi connectivity index (χ2n) is 1.86. The smallest absolute Gasteiger partial charge is 0.458 e. The Morgan fingerprint density at radius 2 is 1.62 bits per heavy atom. The number of halogens is 1. The minimum atomic E-state index is -3.61. The van der Waals surface area contributed by atoms with Crippen LogP contribution in [0.5, 0.6) is 0 Å². The summed E-state index contributed by atoms with van der Waals surface area (Å²) in [6, 6.07) is 7.79. The van der Waals surface area contributed by atoms with Gasteiger partial charge in [0.2, 0.25) is 0 Å². The van der Waals surface area contributed by atoms with Crippen LogP contribution in [0.15, 0.2) is 35.2 Å². The molecular formula is C6H7ClNNaO3S. The maximum Gasteiger partial charge on any atom is 1.00 e. The second kappa shape index (κ2) is 6.78. The molecule has 0 bridgehead atoms. The fourth-order valence-corrected chi connectivity index (χ4v) is 1.45. The summed E-state index contributed by atoms with van der Waals surface area (Å²) >= 11 is 4.86. The first-order chi connectivity index (χ1) is 5.17. The van der Waals surface area contributed by atoms with Crippen molar-refractivity contribution in [3.63, 3.8) is 0 Å². The SMILES string of the molecule is O.O=S(=O)([N-]Cl)c1ccccc1.[Na+]. The number of benzene rings is 1. The normalized spacial score (nSPS) is 9.62. The molecule has 0 fully saturated rings. The Hall–Kier alpha value is 0.380. The van der Waals surface area contributed by atoms with E-state index in [4.69, 9.17) is 11.8 Å².